The van der Waals surface area contributed by atoms with Gasteiger partial charge >= 0.3 is 12.2 Å². The molecule has 4 heterocycles. The topological polar surface area (TPSA) is 195 Å². The molecule has 5 atom stereocenters. The van der Waals surface area contributed by atoms with Crippen molar-refractivity contribution in [2.24, 2.45) is 11.8 Å². The monoisotopic (exact) mass is 812 g/mol. The maximum Gasteiger partial charge on any atom is 0.407 e. The number of anilines is 1. The van der Waals surface area contributed by atoms with E-state index in [9.17, 15) is 28.8 Å². The summed E-state index contributed by atoms with van der Waals surface area (Å²) < 4.78 is 9.46. The van der Waals surface area contributed by atoms with Gasteiger partial charge in [0.1, 0.15) is 30.0 Å². The molecule has 3 saturated heterocycles. The lowest BCUT2D eigenvalue weighted by Gasteiger charge is -2.33. The maximum absolute atomic E-state index is 13.9. The Morgan fingerprint density at radius 2 is 1.15 bits per heavy atom. The number of carbonyl (C=O) groups is 6. The first-order valence-electron chi connectivity index (χ1n) is 20.5. The van der Waals surface area contributed by atoms with Crippen LogP contribution in [0.1, 0.15) is 78.1 Å². The number of H-pyrrole nitrogens is 1. The molecule has 0 aliphatic carbocycles. The number of methoxy groups -OCH3 is 2. The molecule has 3 aliphatic rings. The van der Waals surface area contributed by atoms with E-state index in [-0.39, 0.29) is 41.5 Å². The van der Waals surface area contributed by atoms with Crippen molar-refractivity contribution in [2.75, 3.05) is 39.2 Å². The Balaban J connectivity index is 1.06. The van der Waals surface area contributed by atoms with E-state index in [4.69, 9.17) is 9.47 Å². The molecular formula is C43H56N8O8. The second-order valence-electron chi connectivity index (χ2n) is 16.1. The van der Waals surface area contributed by atoms with Gasteiger partial charge in [0.25, 0.3) is 0 Å². The summed E-state index contributed by atoms with van der Waals surface area (Å²) in [5, 5.41) is 8.27. The zero-order chi connectivity index (χ0) is 42.4. The van der Waals surface area contributed by atoms with Crippen LogP contribution < -0.4 is 16.0 Å². The van der Waals surface area contributed by atoms with Gasteiger partial charge in [-0.1, -0.05) is 64.1 Å². The molecule has 6 amide bonds. The van der Waals surface area contributed by atoms with E-state index >= 15 is 0 Å². The minimum Gasteiger partial charge on any atom is -0.453 e. The highest BCUT2D eigenvalue weighted by Gasteiger charge is 2.44. The van der Waals surface area contributed by atoms with E-state index in [2.05, 4.69) is 25.9 Å². The van der Waals surface area contributed by atoms with Crippen molar-refractivity contribution in [1.29, 1.82) is 0 Å². The van der Waals surface area contributed by atoms with Crippen LogP contribution >= 0.6 is 0 Å². The summed E-state index contributed by atoms with van der Waals surface area (Å²) >= 11 is 0. The summed E-state index contributed by atoms with van der Waals surface area (Å²) in [6.07, 6.45) is 4.33. The van der Waals surface area contributed by atoms with Gasteiger partial charge in [-0.05, 0) is 79.2 Å². The Bertz CT molecular complexity index is 2000. The standard InChI is InChI=1S/C43H56N8O8/c1-25(2)35(47-42(56)58-5)40(54)49-21-7-10-32(49)37-44-24-31(46-37)29-15-13-27(14-16-29)28-17-19-30(20-18-28)45-38(52)33-11-8-22-50(33)39(53)34-12-9-23-51(34)41(55)36(26(3)4)48-43(57)59-6/h13-20,24-26,32-36H,7-12,21-23H2,1-6H3,(H,44,46)(H,45,52)(H,47,56)(H,48,57)/t32-,33-,34-,35-,36?/m0/s1. The molecule has 1 unspecified atom stereocenters. The van der Waals surface area contributed by atoms with Gasteiger partial charge in [-0.15, -0.1) is 0 Å². The molecular weight excluding hydrogens is 757 g/mol. The third-order valence-electron chi connectivity index (χ3n) is 11.6. The number of benzene rings is 2. The molecule has 1 aromatic heterocycles. The number of imidazole rings is 1. The number of nitrogens with zero attached hydrogens (tertiary/aromatic N) is 4. The van der Waals surface area contributed by atoms with Crippen molar-refractivity contribution in [3.63, 3.8) is 0 Å². The van der Waals surface area contributed by atoms with Crippen LogP contribution in [0.4, 0.5) is 15.3 Å². The van der Waals surface area contributed by atoms with Gasteiger partial charge < -0.3 is 45.1 Å². The van der Waals surface area contributed by atoms with Gasteiger partial charge in [0, 0.05) is 25.3 Å². The SMILES string of the molecule is COC(=O)NC(C(=O)N1CCC[C@H]1C(=O)N1CCC[C@H]1C(=O)Nc1ccc(-c2ccc(-c3cnc([C@@H]4CCCN4C(=O)[C@@H](NC(=O)OC)C(C)C)[nH]3)cc2)cc1)C(C)C. The van der Waals surface area contributed by atoms with Gasteiger partial charge in [0.2, 0.25) is 23.6 Å². The molecule has 0 bridgehead atoms. The average Bonchev–Trinajstić information content (AvgIpc) is 4.08. The zero-order valence-electron chi connectivity index (χ0n) is 34.7. The van der Waals surface area contributed by atoms with Crippen molar-refractivity contribution < 1.29 is 38.2 Å². The predicted molar refractivity (Wildman–Crippen MR) is 220 cm³/mol. The number of hydrogen-bond acceptors (Lipinski definition) is 9. The number of likely N-dealkylation sites (tertiary alicyclic amines) is 3. The van der Waals surface area contributed by atoms with Gasteiger partial charge in [0.05, 0.1) is 32.2 Å². The first-order chi connectivity index (χ1) is 28.3. The van der Waals surface area contributed by atoms with E-state index in [1.54, 1.807) is 20.9 Å². The summed E-state index contributed by atoms with van der Waals surface area (Å²) in [6, 6.07) is 12.4. The molecule has 6 rings (SSSR count). The quantitative estimate of drug-likeness (QED) is 0.193. The molecule has 0 spiro atoms. The van der Waals surface area contributed by atoms with E-state index in [0.29, 0.717) is 56.8 Å². The highest BCUT2D eigenvalue weighted by molar-refractivity contribution is 5.99. The Morgan fingerprint density at radius 1 is 0.661 bits per heavy atom. The number of hydrogen-bond donors (Lipinski definition) is 4. The molecule has 3 fully saturated rings. The number of alkyl carbamates (subject to hydrolysis) is 2. The summed E-state index contributed by atoms with van der Waals surface area (Å²) in [6.45, 7) is 8.81. The highest BCUT2D eigenvalue weighted by atomic mass is 16.5. The number of rotatable bonds is 12. The Hall–Kier alpha value is -5.93. The fourth-order valence-electron chi connectivity index (χ4n) is 8.32. The van der Waals surface area contributed by atoms with Crippen molar-refractivity contribution in [3.8, 4) is 22.4 Å². The lowest BCUT2D eigenvalue weighted by molar-refractivity contribution is -0.147. The number of aromatic amines is 1. The molecule has 0 radical (unpaired) electrons. The van der Waals surface area contributed by atoms with Crippen LogP contribution in [0.25, 0.3) is 22.4 Å². The smallest absolute Gasteiger partial charge is 0.407 e. The van der Waals surface area contributed by atoms with Crippen molar-refractivity contribution in [2.45, 2.75) is 96.4 Å². The lowest BCUT2D eigenvalue weighted by Crippen LogP contribution is -2.56. The van der Waals surface area contributed by atoms with Gasteiger partial charge in [0.15, 0.2) is 0 Å². The van der Waals surface area contributed by atoms with Gasteiger partial charge in [-0.2, -0.15) is 0 Å². The van der Waals surface area contributed by atoms with Crippen LogP contribution in [0.3, 0.4) is 0 Å². The summed E-state index contributed by atoms with van der Waals surface area (Å²) in [4.78, 5) is 91.5. The van der Waals surface area contributed by atoms with E-state index in [0.717, 1.165) is 35.2 Å². The first kappa shape index (κ1) is 42.7. The second-order valence-corrected chi connectivity index (χ2v) is 16.1. The third kappa shape index (κ3) is 9.52. The fraction of sp³-hybridized carbons (Fsp3) is 0.512. The Kier molecular flexibility index (Phi) is 13.6. The number of nitrogens with one attached hydrogen (secondary N) is 4. The van der Waals surface area contributed by atoms with E-state index in [1.165, 1.54) is 14.2 Å². The highest BCUT2D eigenvalue weighted by Crippen LogP contribution is 2.34. The molecule has 16 nitrogen and oxygen atoms in total. The van der Waals surface area contributed by atoms with E-state index < -0.39 is 36.4 Å². The zero-order valence-corrected chi connectivity index (χ0v) is 34.7. The van der Waals surface area contributed by atoms with Crippen LogP contribution in [-0.4, -0.2) is 119 Å². The summed E-state index contributed by atoms with van der Waals surface area (Å²) in [5.41, 5.74) is 4.27. The van der Waals surface area contributed by atoms with Crippen LogP contribution in [0.5, 0.6) is 0 Å². The van der Waals surface area contributed by atoms with Crippen molar-refractivity contribution in [1.82, 2.24) is 35.3 Å². The van der Waals surface area contributed by atoms with Crippen LogP contribution in [0, 0.1) is 11.8 Å². The molecule has 316 valence electrons. The van der Waals surface area contributed by atoms with Gasteiger partial charge in [-0.25, -0.2) is 14.6 Å². The average molecular weight is 813 g/mol. The minimum atomic E-state index is -0.837. The summed E-state index contributed by atoms with van der Waals surface area (Å²) in [5.74, 6) is -0.674. The van der Waals surface area contributed by atoms with E-state index in [1.807, 2.05) is 76.2 Å². The molecule has 2 aromatic carbocycles. The first-order valence-corrected chi connectivity index (χ1v) is 20.5. The normalized spacial score (nSPS) is 20.1. The Morgan fingerprint density at radius 3 is 1.73 bits per heavy atom. The van der Waals surface area contributed by atoms with Crippen LogP contribution in [0.2, 0.25) is 0 Å². The molecule has 59 heavy (non-hydrogen) atoms. The molecule has 16 heteroatoms. The third-order valence-corrected chi connectivity index (χ3v) is 11.6. The van der Waals surface area contributed by atoms with Crippen molar-refractivity contribution in [3.05, 3.63) is 60.6 Å². The molecule has 4 N–H and O–H groups in total. The number of ether oxygens (including phenoxy) is 2. The number of aromatic nitrogens is 2. The number of amides is 6. The fourth-order valence-corrected chi connectivity index (χ4v) is 8.32. The summed E-state index contributed by atoms with van der Waals surface area (Å²) in [7, 11) is 2.51. The minimum absolute atomic E-state index is 0.123. The Labute approximate surface area is 344 Å². The lowest BCUT2D eigenvalue weighted by atomic mass is 10.0. The predicted octanol–water partition coefficient (Wildman–Crippen LogP) is 5.09. The second kappa shape index (κ2) is 18.8. The molecule has 3 aromatic rings. The van der Waals surface area contributed by atoms with Crippen LogP contribution in [-0.2, 0) is 28.7 Å². The largest absolute Gasteiger partial charge is 0.453 e. The van der Waals surface area contributed by atoms with Crippen LogP contribution in [0.15, 0.2) is 54.7 Å². The maximum atomic E-state index is 13.9. The van der Waals surface area contributed by atoms with Gasteiger partial charge in [-0.3, -0.25) is 19.2 Å². The molecule has 0 saturated carbocycles. The van der Waals surface area contributed by atoms with Crippen molar-refractivity contribution >= 4 is 41.5 Å². The number of carbonyl (C=O) groups excluding carboxylic acids is 6. The molecule has 3 aliphatic heterocycles.